The molecule has 0 spiro atoms. The molecule has 2 rings (SSSR count). The van der Waals surface area contributed by atoms with Gasteiger partial charge in [0.1, 0.15) is 18.1 Å². The minimum atomic E-state index is -0.310. The Morgan fingerprint density at radius 3 is 2.38 bits per heavy atom. The highest BCUT2D eigenvalue weighted by Crippen LogP contribution is 2.19. The molecule has 32 heavy (non-hydrogen) atoms. The minimum absolute atomic E-state index is 0.00206. The van der Waals surface area contributed by atoms with Gasteiger partial charge in [0.25, 0.3) is 0 Å². The number of rotatable bonds is 9. The van der Waals surface area contributed by atoms with Crippen LogP contribution in [0.25, 0.3) is 0 Å². The Hall–Kier alpha value is -3.00. The molecule has 8 nitrogen and oxygen atoms in total. The van der Waals surface area contributed by atoms with E-state index in [9.17, 15) is 4.79 Å². The highest BCUT2D eigenvalue weighted by atomic mass is 16.5. The number of guanidine groups is 1. The van der Waals surface area contributed by atoms with E-state index in [1.54, 1.807) is 6.26 Å². The molecule has 1 aromatic carbocycles. The van der Waals surface area contributed by atoms with Gasteiger partial charge in [-0.1, -0.05) is 0 Å². The highest BCUT2D eigenvalue weighted by molar-refractivity contribution is 5.95. The lowest BCUT2D eigenvalue weighted by atomic mass is 10.1. The molecule has 0 aliphatic carbocycles. The number of anilines is 1. The molecule has 1 atom stereocenters. The van der Waals surface area contributed by atoms with Crippen molar-refractivity contribution >= 4 is 17.6 Å². The van der Waals surface area contributed by atoms with E-state index >= 15 is 0 Å². The van der Waals surface area contributed by atoms with Gasteiger partial charge in [-0.25, -0.2) is 4.99 Å². The predicted molar refractivity (Wildman–Crippen MR) is 129 cm³/mol. The Labute approximate surface area is 191 Å². The van der Waals surface area contributed by atoms with E-state index in [2.05, 4.69) is 25.8 Å². The van der Waals surface area contributed by atoms with Crippen LogP contribution < -0.4 is 20.7 Å². The van der Waals surface area contributed by atoms with Crippen LogP contribution in [0.15, 0.2) is 52.1 Å². The van der Waals surface area contributed by atoms with Gasteiger partial charge >= 0.3 is 0 Å². The van der Waals surface area contributed by atoms with Crippen LogP contribution in [-0.2, 0) is 4.79 Å². The van der Waals surface area contributed by atoms with Crippen LogP contribution in [0.5, 0.6) is 5.75 Å². The Bertz CT molecular complexity index is 853. The zero-order valence-corrected chi connectivity index (χ0v) is 20.2. The van der Waals surface area contributed by atoms with Gasteiger partial charge in [0.2, 0.25) is 5.91 Å². The molecular weight excluding hydrogens is 406 g/mol. The smallest absolute Gasteiger partial charge is 0.242 e. The number of carbonyl (C=O) groups excluding carboxylic acids is 1. The first-order valence-electron chi connectivity index (χ1n) is 10.9. The maximum atomic E-state index is 12.3. The Kier molecular flexibility index (Phi) is 9.13. The molecule has 0 saturated heterocycles. The lowest BCUT2D eigenvalue weighted by molar-refractivity contribution is -0.121. The zero-order valence-electron chi connectivity index (χ0n) is 20.2. The van der Waals surface area contributed by atoms with Crippen LogP contribution in [-0.4, -0.2) is 55.6 Å². The number of furan rings is 1. The van der Waals surface area contributed by atoms with Crippen LogP contribution in [0.4, 0.5) is 5.69 Å². The summed E-state index contributed by atoms with van der Waals surface area (Å²) in [6, 6.07) is 11.5. The summed E-state index contributed by atoms with van der Waals surface area (Å²) in [4.78, 5) is 18.8. The normalized spacial score (nSPS) is 13.2. The number of benzene rings is 1. The molecule has 0 aliphatic rings. The summed E-state index contributed by atoms with van der Waals surface area (Å²) in [7, 11) is 3.98. The molecule has 2 aromatic rings. The molecule has 0 radical (unpaired) electrons. The SMILES string of the molecule is CC(C)Oc1ccc(NC(=NCC(=O)NC(C)(C)C)NCC(c2ccco2)N(C)C)cc1. The van der Waals surface area contributed by atoms with E-state index in [1.807, 2.05) is 85.1 Å². The first-order chi connectivity index (χ1) is 15.0. The maximum absolute atomic E-state index is 12.3. The fourth-order valence-corrected chi connectivity index (χ4v) is 2.99. The van der Waals surface area contributed by atoms with Crippen LogP contribution in [0, 0.1) is 0 Å². The summed E-state index contributed by atoms with van der Waals surface area (Å²) in [6.45, 7) is 10.4. The molecule has 0 fully saturated rings. The highest BCUT2D eigenvalue weighted by Gasteiger charge is 2.18. The third kappa shape index (κ3) is 9.01. The second-order valence-electron chi connectivity index (χ2n) is 9.15. The second kappa shape index (κ2) is 11.6. The van der Waals surface area contributed by atoms with Crippen molar-refractivity contribution in [2.45, 2.75) is 52.3 Å². The third-order valence-corrected chi connectivity index (χ3v) is 4.34. The zero-order chi connectivity index (χ0) is 23.7. The first-order valence-corrected chi connectivity index (χ1v) is 10.9. The Morgan fingerprint density at radius 1 is 1.16 bits per heavy atom. The van der Waals surface area contributed by atoms with E-state index in [0.717, 1.165) is 17.2 Å². The number of hydrogen-bond donors (Lipinski definition) is 3. The number of nitrogens with zero attached hydrogens (tertiary/aromatic N) is 2. The number of carbonyl (C=O) groups is 1. The summed E-state index contributed by atoms with van der Waals surface area (Å²) >= 11 is 0. The topological polar surface area (TPSA) is 91.1 Å². The maximum Gasteiger partial charge on any atom is 0.242 e. The number of aliphatic imine (C=N–C) groups is 1. The summed E-state index contributed by atoms with van der Waals surface area (Å²) in [5, 5.41) is 9.53. The van der Waals surface area contributed by atoms with Crippen LogP contribution in [0.1, 0.15) is 46.4 Å². The first kappa shape index (κ1) is 25.3. The Morgan fingerprint density at radius 2 is 1.84 bits per heavy atom. The number of hydrogen-bond acceptors (Lipinski definition) is 5. The quantitative estimate of drug-likeness (QED) is 0.405. The standard InChI is InChI=1S/C24H37N5O3/c1-17(2)32-19-12-10-18(11-13-19)27-23(26-16-22(30)28-24(3,4)5)25-15-20(29(6)7)21-9-8-14-31-21/h8-14,17,20H,15-16H2,1-7H3,(H,28,30)(H2,25,26,27). The molecular formula is C24H37N5O3. The van der Waals surface area contributed by atoms with E-state index in [1.165, 1.54) is 0 Å². The number of likely N-dealkylation sites (N-methyl/N-ethyl adjacent to an activating group) is 1. The summed E-state index contributed by atoms with van der Waals surface area (Å²) in [6.07, 6.45) is 1.77. The van der Waals surface area contributed by atoms with Crippen LogP contribution >= 0.6 is 0 Å². The summed E-state index contributed by atoms with van der Waals surface area (Å²) in [5.41, 5.74) is 0.526. The molecule has 3 N–H and O–H groups in total. The second-order valence-corrected chi connectivity index (χ2v) is 9.15. The van der Waals surface area contributed by atoms with E-state index < -0.39 is 0 Å². The number of amides is 1. The average molecular weight is 444 g/mol. The predicted octanol–water partition coefficient (Wildman–Crippen LogP) is 3.64. The van der Waals surface area contributed by atoms with Crippen molar-refractivity contribution in [3.63, 3.8) is 0 Å². The van der Waals surface area contributed by atoms with Crippen molar-refractivity contribution in [1.29, 1.82) is 0 Å². The molecule has 176 valence electrons. The molecule has 1 aromatic heterocycles. The van der Waals surface area contributed by atoms with Gasteiger partial charge in [0.15, 0.2) is 5.96 Å². The molecule has 1 amide bonds. The van der Waals surface area contributed by atoms with Crippen molar-refractivity contribution in [3.8, 4) is 5.75 Å². The van der Waals surface area contributed by atoms with Gasteiger partial charge in [-0.15, -0.1) is 0 Å². The van der Waals surface area contributed by atoms with Crippen molar-refractivity contribution in [3.05, 3.63) is 48.4 Å². The van der Waals surface area contributed by atoms with Crippen molar-refractivity contribution in [2.24, 2.45) is 4.99 Å². The van der Waals surface area contributed by atoms with Gasteiger partial charge in [-0.3, -0.25) is 9.69 Å². The molecule has 1 unspecified atom stereocenters. The van der Waals surface area contributed by atoms with E-state index in [4.69, 9.17) is 9.15 Å². The molecule has 1 heterocycles. The number of ether oxygens (including phenoxy) is 1. The van der Waals surface area contributed by atoms with Gasteiger partial charge in [-0.05, 0) is 85.1 Å². The van der Waals surface area contributed by atoms with Crippen molar-refractivity contribution in [1.82, 2.24) is 15.5 Å². The molecule has 0 aliphatic heterocycles. The lowest BCUT2D eigenvalue weighted by Crippen LogP contribution is -2.43. The lowest BCUT2D eigenvalue weighted by Gasteiger charge is -2.24. The summed E-state index contributed by atoms with van der Waals surface area (Å²) in [5.74, 6) is 2.01. The monoisotopic (exact) mass is 443 g/mol. The van der Waals surface area contributed by atoms with Gasteiger partial charge in [0.05, 0.1) is 18.4 Å². The molecule has 0 saturated carbocycles. The van der Waals surface area contributed by atoms with Crippen LogP contribution in [0.2, 0.25) is 0 Å². The van der Waals surface area contributed by atoms with Crippen molar-refractivity contribution < 1.29 is 13.9 Å². The van der Waals surface area contributed by atoms with Gasteiger partial charge in [0, 0.05) is 17.8 Å². The molecule has 0 bridgehead atoms. The minimum Gasteiger partial charge on any atom is -0.491 e. The van der Waals surface area contributed by atoms with Gasteiger partial charge in [-0.2, -0.15) is 0 Å². The summed E-state index contributed by atoms with van der Waals surface area (Å²) < 4.78 is 11.3. The Balaban J connectivity index is 2.12. The largest absolute Gasteiger partial charge is 0.491 e. The van der Waals surface area contributed by atoms with E-state index in [-0.39, 0.29) is 30.1 Å². The number of nitrogens with one attached hydrogen (secondary N) is 3. The fourth-order valence-electron chi connectivity index (χ4n) is 2.99. The fraction of sp³-hybridized carbons (Fsp3) is 0.500. The van der Waals surface area contributed by atoms with Crippen molar-refractivity contribution in [2.75, 3.05) is 32.5 Å². The van der Waals surface area contributed by atoms with Crippen LogP contribution in [0.3, 0.4) is 0 Å². The third-order valence-electron chi connectivity index (χ3n) is 4.34. The van der Waals surface area contributed by atoms with E-state index in [0.29, 0.717) is 12.5 Å². The van der Waals surface area contributed by atoms with Gasteiger partial charge < -0.3 is 25.1 Å². The molecule has 8 heteroatoms. The average Bonchev–Trinajstić information content (AvgIpc) is 3.20.